The maximum absolute atomic E-state index is 13.0. The maximum atomic E-state index is 13.0. The minimum absolute atomic E-state index is 0.152. The van der Waals surface area contributed by atoms with Crippen LogP contribution in [-0.2, 0) is 9.84 Å². The number of benzene rings is 1. The third-order valence-electron chi connectivity index (χ3n) is 5.33. The van der Waals surface area contributed by atoms with Crippen LogP contribution in [-0.4, -0.2) is 75.6 Å². The van der Waals surface area contributed by atoms with Crippen molar-refractivity contribution in [3.63, 3.8) is 0 Å². The zero-order valence-corrected chi connectivity index (χ0v) is 15.6. The lowest BCUT2D eigenvalue weighted by atomic mass is 10.2. The van der Waals surface area contributed by atoms with Gasteiger partial charge in [-0.15, -0.1) is 0 Å². The van der Waals surface area contributed by atoms with E-state index in [1.807, 2.05) is 0 Å². The number of para-hydroxylation sites is 1. The van der Waals surface area contributed by atoms with Crippen molar-refractivity contribution in [3.8, 4) is 0 Å². The lowest BCUT2D eigenvalue weighted by molar-refractivity contribution is -0.0435. The molecule has 26 heavy (non-hydrogen) atoms. The van der Waals surface area contributed by atoms with E-state index in [4.69, 9.17) is 0 Å². The lowest BCUT2D eigenvalue weighted by Gasteiger charge is -2.37. The Kier molecular flexibility index (Phi) is 5.50. The van der Waals surface area contributed by atoms with Crippen LogP contribution < -0.4 is 4.90 Å². The number of halogens is 3. The van der Waals surface area contributed by atoms with Gasteiger partial charge in [-0.2, -0.15) is 13.2 Å². The van der Waals surface area contributed by atoms with E-state index < -0.39 is 20.2 Å². The van der Waals surface area contributed by atoms with Crippen LogP contribution in [0.4, 0.5) is 18.9 Å². The molecule has 1 atom stereocenters. The summed E-state index contributed by atoms with van der Waals surface area (Å²) in [5, 5.41) is 0. The Labute approximate surface area is 152 Å². The average molecular weight is 391 g/mol. The van der Waals surface area contributed by atoms with E-state index in [9.17, 15) is 21.6 Å². The van der Waals surface area contributed by atoms with E-state index >= 15 is 0 Å². The fourth-order valence-corrected chi connectivity index (χ4v) is 4.75. The smallest absolute Gasteiger partial charge is 0.369 e. The molecule has 1 aromatic rings. The largest absolute Gasteiger partial charge is 0.501 e. The number of alkyl halides is 3. The molecule has 2 saturated heterocycles. The van der Waals surface area contributed by atoms with Crippen LogP contribution in [0.5, 0.6) is 0 Å². The minimum atomic E-state index is -5.36. The predicted molar refractivity (Wildman–Crippen MR) is 94.0 cm³/mol. The van der Waals surface area contributed by atoms with Crippen LogP contribution in [0.25, 0.3) is 0 Å². The van der Waals surface area contributed by atoms with Gasteiger partial charge in [0.05, 0.1) is 10.6 Å². The molecule has 0 aliphatic carbocycles. The molecule has 2 heterocycles. The van der Waals surface area contributed by atoms with Crippen LogP contribution in [0.1, 0.15) is 13.3 Å². The first-order valence-corrected chi connectivity index (χ1v) is 10.3. The molecule has 1 aromatic carbocycles. The van der Waals surface area contributed by atoms with Crippen LogP contribution >= 0.6 is 0 Å². The van der Waals surface area contributed by atoms with Gasteiger partial charge in [0.2, 0.25) is 0 Å². The normalized spacial score (nSPS) is 23.5. The molecule has 2 aliphatic heterocycles. The number of hydrogen-bond donors (Lipinski definition) is 0. The van der Waals surface area contributed by atoms with E-state index in [2.05, 4.69) is 16.7 Å². The summed E-state index contributed by atoms with van der Waals surface area (Å²) in [7, 11) is -5.36. The second-order valence-electron chi connectivity index (χ2n) is 6.78. The highest BCUT2D eigenvalue weighted by molar-refractivity contribution is 7.92. The number of piperazine rings is 1. The molecule has 0 saturated carbocycles. The van der Waals surface area contributed by atoms with Crippen molar-refractivity contribution in [1.29, 1.82) is 0 Å². The maximum Gasteiger partial charge on any atom is 0.501 e. The summed E-state index contributed by atoms with van der Waals surface area (Å²) in [6.45, 7) is 8.12. The third-order valence-corrected chi connectivity index (χ3v) is 6.87. The molecule has 2 fully saturated rings. The first-order chi connectivity index (χ1) is 12.2. The van der Waals surface area contributed by atoms with Crippen molar-refractivity contribution in [1.82, 2.24) is 9.80 Å². The number of sulfone groups is 1. The lowest BCUT2D eigenvalue weighted by Crippen LogP contribution is -2.50. The Bertz CT molecular complexity index is 731. The van der Waals surface area contributed by atoms with Crippen LogP contribution in [0, 0.1) is 0 Å². The summed E-state index contributed by atoms with van der Waals surface area (Å²) in [5.41, 5.74) is -5.14. The van der Waals surface area contributed by atoms with Crippen molar-refractivity contribution in [2.75, 3.05) is 50.7 Å². The molecule has 0 bridgehead atoms. The van der Waals surface area contributed by atoms with Gasteiger partial charge in [0, 0.05) is 45.3 Å². The van der Waals surface area contributed by atoms with Crippen LogP contribution in [0.3, 0.4) is 0 Å². The molecular formula is C17H24F3N3O2S. The second kappa shape index (κ2) is 7.36. The molecule has 9 heteroatoms. The summed E-state index contributed by atoms with van der Waals surface area (Å²) in [4.78, 5) is 5.86. The summed E-state index contributed by atoms with van der Waals surface area (Å²) in [6, 6.07) is 5.68. The van der Waals surface area contributed by atoms with Crippen molar-refractivity contribution in [2.24, 2.45) is 0 Å². The molecule has 0 N–H and O–H groups in total. The molecule has 2 aliphatic rings. The molecule has 0 amide bonds. The monoisotopic (exact) mass is 391 g/mol. The van der Waals surface area contributed by atoms with Gasteiger partial charge in [-0.1, -0.05) is 19.1 Å². The molecule has 0 radical (unpaired) electrons. The summed E-state index contributed by atoms with van der Waals surface area (Å²) in [6.07, 6.45) is 0.826. The minimum Gasteiger partial charge on any atom is -0.369 e. The van der Waals surface area contributed by atoms with E-state index in [-0.39, 0.29) is 11.7 Å². The van der Waals surface area contributed by atoms with Gasteiger partial charge in [-0.25, -0.2) is 8.42 Å². The first-order valence-electron chi connectivity index (χ1n) is 8.85. The molecule has 0 aromatic heterocycles. The fraction of sp³-hybridized carbons (Fsp3) is 0.647. The van der Waals surface area contributed by atoms with Gasteiger partial charge < -0.3 is 9.80 Å². The van der Waals surface area contributed by atoms with Crippen molar-refractivity contribution < 1.29 is 21.6 Å². The van der Waals surface area contributed by atoms with Crippen molar-refractivity contribution in [3.05, 3.63) is 24.3 Å². The van der Waals surface area contributed by atoms with Gasteiger partial charge in [-0.3, -0.25) is 4.90 Å². The standard InChI is InChI=1S/C17H24F3N3O2S/c1-2-21-9-11-22(12-10-21)14-7-8-23(13-14)15-5-3-4-6-16(15)26(24,25)17(18,19)20/h3-6,14H,2,7-13H2,1H3. The van der Waals surface area contributed by atoms with Crippen molar-refractivity contribution in [2.45, 2.75) is 29.8 Å². The Morgan fingerprint density at radius 1 is 1.08 bits per heavy atom. The zero-order chi connectivity index (χ0) is 18.9. The number of anilines is 1. The number of nitrogens with zero attached hydrogens (tertiary/aromatic N) is 3. The SMILES string of the molecule is CCN1CCN(C2CCN(c3ccccc3S(=O)(=O)C(F)(F)F)C2)CC1. The fourth-order valence-electron chi connectivity index (χ4n) is 3.77. The van der Waals surface area contributed by atoms with Crippen LogP contribution in [0.15, 0.2) is 29.2 Å². The predicted octanol–water partition coefficient (Wildman–Crippen LogP) is 2.20. The van der Waals surface area contributed by atoms with Crippen molar-refractivity contribution >= 4 is 15.5 Å². The van der Waals surface area contributed by atoms with Gasteiger partial charge in [0.15, 0.2) is 0 Å². The Balaban J connectivity index is 1.76. The van der Waals surface area contributed by atoms with E-state index in [1.165, 1.54) is 12.1 Å². The third kappa shape index (κ3) is 3.70. The van der Waals surface area contributed by atoms with E-state index in [0.717, 1.165) is 45.2 Å². The first kappa shape index (κ1) is 19.4. The zero-order valence-electron chi connectivity index (χ0n) is 14.7. The molecule has 146 valence electrons. The summed E-state index contributed by atoms with van der Waals surface area (Å²) >= 11 is 0. The van der Waals surface area contributed by atoms with E-state index in [0.29, 0.717) is 13.1 Å². The van der Waals surface area contributed by atoms with Gasteiger partial charge >= 0.3 is 5.51 Å². The highest BCUT2D eigenvalue weighted by atomic mass is 32.2. The van der Waals surface area contributed by atoms with Gasteiger partial charge in [0.25, 0.3) is 9.84 Å². The summed E-state index contributed by atoms with van der Waals surface area (Å²) < 4.78 is 62.8. The highest BCUT2D eigenvalue weighted by Crippen LogP contribution is 2.37. The quantitative estimate of drug-likeness (QED) is 0.787. The molecule has 5 nitrogen and oxygen atoms in total. The topological polar surface area (TPSA) is 43.9 Å². The number of likely N-dealkylation sites (N-methyl/N-ethyl adjacent to an activating group) is 1. The number of rotatable bonds is 4. The molecular weight excluding hydrogens is 367 g/mol. The Hall–Kier alpha value is -1.32. The second-order valence-corrected chi connectivity index (χ2v) is 8.69. The molecule has 3 rings (SSSR count). The average Bonchev–Trinajstić information content (AvgIpc) is 3.11. The number of hydrogen-bond acceptors (Lipinski definition) is 5. The molecule has 0 spiro atoms. The van der Waals surface area contributed by atoms with Crippen LogP contribution in [0.2, 0.25) is 0 Å². The van der Waals surface area contributed by atoms with Gasteiger partial charge in [-0.05, 0) is 25.1 Å². The Morgan fingerprint density at radius 2 is 1.73 bits per heavy atom. The highest BCUT2D eigenvalue weighted by Gasteiger charge is 2.48. The summed E-state index contributed by atoms with van der Waals surface area (Å²) in [5.74, 6) is 0. The Morgan fingerprint density at radius 3 is 2.35 bits per heavy atom. The van der Waals surface area contributed by atoms with E-state index in [1.54, 1.807) is 11.0 Å². The molecule has 1 unspecified atom stereocenters. The van der Waals surface area contributed by atoms with Gasteiger partial charge in [0.1, 0.15) is 0 Å².